The van der Waals surface area contributed by atoms with Crippen molar-refractivity contribution in [2.24, 2.45) is 0 Å². The summed E-state index contributed by atoms with van der Waals surface area (Å²) in [6.45, 7) is 0. The van der Waals surface area contributed by atoms with E-state index in [-0.39, 0.29) is 0 Å². The molecule has 1 heterocycles. The molecule has 12 rings (SSSR count). The van der Waals surface area contributed by atoms with Crippen LogP contribution in [0.5, 0.6) is 0 Å². The van der Waals surface area contributed by atoms with Gasteiger partial charge in [-0.2, -0.15) is 0 Å². The van der Waals surface area contributed by atoms with E-state index in [0.29, 0.717) is 0 Å². The van der Waals surface area contributed by atoms with Crippen molar-refractivity contribution in [3.63, 3.8) is 0 Å². The summed E-state index contributed by atoms with van der Waals surface area (Å²) in [5.74, 6) is 0. The zero-order valence-electron chi connectivity index (χ0n) is 35.8. The maximum atomic E-state index is 2.49. The van der Waals surface area contributed by atoms with Gasteiger partial charge in [0.2, 0.25) is 0 Å². The lowest BCUT2D eigenvalue weighted by Gasteiger charge is -2.45. The molecular weight excluding hydrogens is 801 g/mol. The lowest BCUT2D eigenvalue weighted by molar-refractivity contribution is 1.29. The highest BCUT2D eigenvalue weighted by Gasteiger charge is 2.48. The van der Waals surface area contributed by atoms with Crippen LogP contribution in [0.15, 0.2) is 267 Å². The number of rotatable bonds is 8. The van der Waals surface area contributed by atoms with Crippen molar-refractivity contribution in [2.75, 3.05) is 9.80 Å². The molecule has 0 fully saturated rings. The van der Waals surface area contributed by atoms with Crippen LogP contribution in [-0.2, 0) is 0 Å². The summed E-state index contributed by atoms with van der Waals surface area (Å²) >= 11 is 0. The number of anilines is 6. The largest absolute Gasteiger partial charge is 0.311 e. The second-order valence-corrected chi connectivity index (χ2v) is 20.6. The van der Waals surface area contributed by atoms with Gasteiger partial charge < -0.3 is 9.80 Å². The molecule has 0 unspecified atom stereocenters. The van der Waals surface area contributed by atoms with Crippen LogP contribution < -0.4 is 30.5 Å². The van der Waals surface area contributed by atoms with E-state index >= 15 is 0 Å². The summed E-state index contributed by atoms with van der Waals surface area (Å²) in [7, 11) is -2.78. The number of nitrogens with zero attached hydrogens (tertiary/aromatic N) is 2. The Morgan fingerprint density at radius 3 is 1.49 bits per heavy atom. The Hall–Kier alpha value is -8.24. The predicted octanol–water partition coefficient (Wildman–Crippen LogP) is 14.0. The zero-order valence-corrected chi connectivity index (χ0v) is 36.8. The van der Waals surface area contributed by atoms with Crippen LogP contribution in [0.1, 0.15) is 0 Å². The van der Waals surface area contributed by atoms with Crippen LogP contribution in [-0.4, -0.2) is 8.07 Å². The first-order valence-corrected chi connectivity index (χ1v) is 24.4. The van der Waals surface area contributed by atoms with E-state index in [4.69, 9.17) is 0 Å². The number of hydrogen-bond acceptors (Lipinski definition) is 2. The van der Waals surface area contributed by atoms with Gasteiger partial charge in [0, 0.05) is 33.8 Å². The van der Waals surface area contributed by atoms with Crippen LogP contribution in [0.2, 0.25) is 0 Å². The second kappa shape index (κ2) is 16.1. The monoisotopic (exact) mass is 844 g/mol. The second-order valence-electron chi connectivity index (χ2n) is 16.9. The van der Waals surface area contributed by atoms with Crippen molar-refractivity contribution >= 4 is 84.5 Å². The van der Waals surface area contributed by atoms with Gasteiger partial charge in [0.05, 0.1) is 5.69 Å². The van der Waals surface area contributed by atoms with Gasteiger partial charge in [-0.05, 0) is 114 Å². The van der Waals surface area contributed by atoms with Crippen LogP contribution in [0.4, 0.5) is 34.1 Å². The molecule has 2 nitrogen and oxygen atoms in total. The third-order valence-corrected chi connectivity index (χ3v) is 18.2. The smallest absolute Gasteiger partial charge is 0.184 e. The van der Waals surface area contributed by atoms with E-state index in [1.54, 1.807) is 0 Å². The summed E-state index contributed by atoms with van der Waals surface area (Å²) in [6.07, 6.45) is 0. The Balaban J connectivity index is 1.01. The van der Waals surface area contributed by atoms with E-state index in [1.807, 2.05) is 0 Å². The first-order valence-electron chi connectivity index (χ1n) is 22.4. The molecule has 0 radical (unpaired) electrons. The molecule has 0 amide bonds. The molecule has 11 aromatic rings. The molecule has 0 N–H and O–H groups in total. The summed E-state index contributed by atoms with van der Waals surface area (Å²) < 4.78 is 0. The van der Waals surface area contributed by atoms with Crippen LogP contribution in [0.25, 0.3) is 43.8 Å². The van der Waals surface area contributed by atoms with Gasteiger partial charge in [-0.25, -0.2) is 0 Å². The molecule has 306 valence electrons. The molecule has 0 bridgehead atoms. The number of hydrogen-bond donors (Lipinski definition) is 0. The Morgan fingerprint density at radius 2 is 0.815 bits per heavy atom. The first-order chi connectivity index (χ1) is 32.3. The topological polar surface area (TPSA) is 6.48 Å². The normalized spacial score (nSPS) is 12.7. The van der Waals surface area contributed by atoms with Gasteiger partial charge >= 0.3 is 0 Å². The van der Waals surface area contributed by atoms with E-state index in [1.165, 1.54) is 75.9 Å². The van der Waals surface area contributed by atoms with E-state index < -0.39 is 8.07 Å². The van der Waals surface area contributed by atoms with Crippen LogP contribution >= 0.6 is 0 Å². The fourth-order valence-electron chi connectivity index (χ4n) is 10.4. The summed E-state index contributed by atoms with van der Waals surface area (Å²) in [6, 6.07) is 98.4. The van der Waals surface area contributed by atoms with Crippen molar-refractivity contribution in [3.05, 3.63) is 267 Å². The molecule has 0 atom stereocenters. The third kappa shape index (κ3) is 6.47. The third-order valence-electron chi connectivity index (χ3n) is 13.3. The molecule has 0 aromatic heterocycles. The quantitative estimate of drug-likeness (QED) is 0.141. The average Bonchev–Trinajstić information content (AvgIpc) is 3.39. The lowest BCUT2D eigenvalue weighted by atomic mass is 9.98. The molecule has 0 spiro atoms. The molecule has 0 saturated heterocycles. The maximum Gasteiger partial charge on any atom is 0.184 e. The Bertz CT molecular complexity index is 3430. The standard InChI is InChI=1S/C62H44N2Si/c1-4-22-50(23-5-1)64-59-31-14-15-33-61(59)65(53-24-6-2-7-25-53,54-26-8-3-9-27-54)62-43-38-49(44-60(62)64)45-34-39-51(40-35-45)63(58-32-17-21-47-19-11-13-29-57(47)58)52-41-36-48(37-42-52)56-30-16-20-46-18-10-12-28-55(46)56/h1-44H. The Kier molecular flexibility index (Phi) is 9.55. The molecule has 65 heavy (non-hydrogen) atoms. The molecule has 3 heteroatoms. The molecule has 0 saturated carbocycles. The first kappa shape index (κ1) is 38.4. The lowest BCUT2D eigenvalue weighted by Crippen LogP contribution is -2.77. The van der Waals surface area contributed by atoms with Crippen molar-refractivity contribution in [2.45, 2.75) is 0 Å². The van der Waals surface area contributed by atoms with Crippen molar-refractivity contribution in [3.8, 4) is 22.3 Å². The Morgan fingerprint density at radius 1 is 0.323 bits per heavy atom. The zero-order chi connectivity index (χ0) is 43.2. The van der Waals surface area contributed by atoms with Gasteiger partial charge in [-0.15, -0.1) is 0 Å². The molecule has 11 aromatic carbocycles. The van der Waals surface area contributed by atoms with E-state index in [9.17, 15) is 0 Å². The van der Waals surface area contributed by atoms with Gasteiger partial charge in [0.1, 0.15) is 0 Å². The highest BCUT2D eigenvalue weighted by molar-refractivity contribution is 7.21. The van der Waals surface area contributed by atoms with Gasteiger partial charge in [0.25, 0.3) is 0 Å². The SMILES string of the molecule is c1ccc(N2c3ccccc3[Si](c3ccccc3)(c3ccccc3)c3ccc(-c4ccc(N(c5ccc(-c6cccc7ccccc67)cc5)c5cccc6ccccc56)cc4)cc32)cc1. The molecule has 0 aliphatic carbocycles. The fraction of sp³-hybridized carbons (Fsp3) is 0. The van der Waals surface area contributed by atoms with Crippen molar-refractivity contribution in [1.29, 1.82) is 0 Å². The predicted molar refractivity (Wildman–Crippen MR) is 279 cm³/mol. The highest BCUT2D eigenvalue weighted by Crippen LogP contribution is 2.43. The minimum absolute atomic E-state index is 1.10. The summed E-state index contributed by atoms with van der Waals surface area (Å²) in [5, 5.41) is 10.5. The fourth-order valence-corrected chi connectivity index (χ4v) is 15.5. The van der Waals surface area contributed by atoms with E-state index in [0.717, 1.165) is 22.7 Å². The van der Waals surface area contributed by atoms with Crippen molar-refractivity contribution in [1.82, 2.24) is 0 Å². The van der Waals surface area contributed by atoms with Crippen LogP contribution in [0, 0.1) is 0 Å². The highest BCUT2D eigenvalue weighted by atomic mass is 28.3. The van der Waals surface area contributed by atoms with Gasteiger partial charge in [0.15, 0.2) is 8.07 Å². The summed E-state index contributed by atoms with van der Waals surface area (Å²) in [5.41, 5.74) is 11.7. The number of fused-ring (bicyclic) bond motifs is 4. The maximum absolute atomic E-state index is 2.78. The summed E-state index contributed by atoms with van der Waals surface area (Å²) in [4.78, 5) is 4.89. The van der Waals surface area contributed by atoms with Gasteiger partial charge in [-0.3, -0.25) is 0 Å². The molecular formula is C62H44N2Si. The number of para-hydroxylation sites is 2. The minimum Gasteiger partial charge on any atom is -0.311 e. The van der Waals surface area contributed by atoms with Gasteiger partial charge in [-0.1, -0.05) is 212 Å². The van der Waals surface area contributed by atoms with Crippen LogP contribution in [0.3, 0.4) is 0 Å². The Labute approximate surface area is 381 Å². The molecule has 1 aliphatic rings. The van der Waals surface area contributed by atoms with Crippen molar-refractivity contribution < 1.29 is 0 Å². The molecule has 1 aliphatic heterocycles. The minimum atomic E-state index is -2.78. The number of benzene rings is 11. The average molecular weight is 845 g/mol. The van der Waals surface area contributed by atoms with E-state index in [2.05, 4.69) is 277 Å².